The van der Waals surface area contributed by atoms with Crippen LogP contribution in [0.5, 0.6) is 0 Å². The molecule has 1 rings (SSSR count). The van der Waals surface area contributed by atoms with Crippen molar-refractivity contribution in [3.63, 3.8) is 0 Å². The first kappa shape index (κ1) is 11.0. The minimum Gasteiger partial charge on any atom is -0.374 e. The molecular formula is C10H19N3O. The fourth-order valence-electron chi connectivity index (χ4n) is 1.51. The molecule has 80 valence electrons. The van der Waals surface area contributed by atoms with Gasteiger partial charge in [-0.15, -0.1) is 0 Å². The summed E-state index contributed by atoms with van der Waals surface area (Å²) in [5.74, 6) is 0.873. The topological polar surface area (TPSA) is 39.1 Å². The SMILES string of the molecule is CCOC(C)(C)Cn1ccnc1NC. The number of aromatic nitrogens is 2. The van der Waals surface area contributed by atoms with Gasteiger partial charge in [-0.1, -0.05) is 0 Å². The summed E-state index contributed by atoms with van der Waals surface area (Å²) >= 11 is 0. The zero-order valence-electron chi connectivity index (χ0n) is 9.37. The van der Waals surface area contributed by atoms with Crippen molar-refractivity contribution in [1.29, 1.82) is 0 Å². The number of ether oxygens (including phenoxy) is 1. The molecule has 4 heteroatoms. The van der Waals surface area contributed by atoms with Crippen molar-refractivity contribution in [2.75, 3.05) is 19.0 Å². The molecule has 0 radical (unpaired) electrons. The maximum absolute atomic E-state index is 5.63. The van der Waals surface area contributed by atoms with Crippen LogP contribution in [0.25, 0.3) is 0 Å². The smallest absolute Gasteiger partial charge is 0.202 e. The third-order valence-corrected chi connectivity index (χ3v) is 2.03. The molecule has 0 fully saturated rings. The zero-order valence-corrected chi connectivity index (χ0v) is 9.37. The van der Waals surface area contributed by atoms with E-state index in [0.717, 1.165) is 19.1 Å². The van der Waals surface area contributed by atoms with Gasteiger partial charge in [0, 0.05) is 26.0 Å². The Hall–Kier alpha value is -1.03. The van der Waals surface area contributed by atoms with Gasteiger partial charge < -0.3 is 14.6 Å². The highest BCUT2D eigenvalue weighted by Gasteiger charge is 2.19. The molecule has 1 aromatic heterocycles. The van der Waals surface area contributed by atoms with Crippen LogP contribution in [0, 0.1) is 0 Å². The second-order valence-corrected chi connectivity index (χ2v) is 3.82. The molecule has 4 nitrogen and oxygen atoms in total. The van der Waals surface area contributed by atoms with Gasteiger partial charge in [0.05, 0.1) is 12.1 Å². The molecule has 1 aromatic rings. The highest BCUT2D eigenvalue weighted by molar-refractivity contribution is 5.24. The molecular weight excluding hydrogens is 178 g/mol. The number of anilines is 1. The summed E-state index contributed by atoms with van der Waals surface area (Å²) < 4.78 is 7.68. The Morgan fingerprint density at radius 2 is 2.29 bits per heavy atom. The van der Waals surface area contributed by atoms with E-state index in [4.69, 9.17) is 4.74 Å². The molecule has 0 aliphatic heterocycles. The molecule has 0 aliphatic rings. The number of rotatable bonds is 5. The van der Waals surface area contributed by atoms with E-state index in [2.05, 4.69) is 28.7 Å². The lowest BCUT2D eigenvalue weighted by molar-refractivity contribution is -0.0220. The average Bonchev–Trinajstić information content (AvgIpc) is 2.50. The van der Waals surface area contributed by atoms with Gasteiger partial charge >= 0.3 is 0 Å². The van der Waals surface area contributed by atoms with Gasteiger partial charge in [0.15, 0.2) is 0 Å². The number of hydrogen-bond acceptors (Lipinski definition) is 3. The van der Waals surface area contributed by atoms with Crippen LogP contribution in [0.3, 0.4) is 0 Å². The Bertz CT molecular complexity index is 281. The molecule has 0 saturated heterocycles. The standard InChI is InChI=1S/C10H19N3O/c1-5-14-10(2,3)8-13-7-6-12-9(13)11-4/h6-7H,5,8H2,1-4H3,(H,11,12). The number of hydrogen-bond donors (Lipinski definition) is 1. The quantitative estimate of drug-likeness (QED) is 0.781. The molecule has 1 N–H and O–H groups in total. The largest absolute Gasteiger partial charge is 0.374 e. The Balaban J connectivity index is 2.67. The van der Waals surface area contributed by atoms with E-state index in [1.165, 1.54) is 0 Å². The van der Waals surface area contributed by atoms with Gasteiger partial charge in [-0.3, -0.25) is 0 Å². The van der Waals surface area contributed by atoms with E-state index in [1.807, 2.05) is 20.2 Å². The predicted octanol–water partition coefficient (Wildman–Crippen LogP) is 1.74. The summed E-state index contributed by atoms with van der Waals surface area (Å²) in [6.07, 6.45) is 3.74. The Morgan fingerprint density at radius 3 is 2.86 bits per heavy atom. The minimum atomic E-state index is -0.152. The summed E-state index contributed by atoms with van der Waals surface area (Å²) in [6, 6.07) is 0. The molecule has 0 atom stereocenters. The minimum absolute atomic E-state index is 0.152. The van der Waals surface area contributed by atoms with Crippen molar-refractivity contribution in [3.05, 3.63) is 12.4 Å². The molecule has 0 spiro atoms. The Kier molecular flexibility index (Phi) is 3.52. The maximum atomic E-state index is 5.63. The van der Waals surface area contributed by atoms with Crippen LogP contribution >= 0.6 is 0 Å². The van der Waals surface area contributed by atoms with Gasteiger partial charge in [0.2, 0.25) is 5.95 Å². The van der Waals surface area contributed by atoms with Gasteiger partial charge in [0.25, 0.3) is 0 Å². The van der Waals surface area contributed by atoms with Crippen LogP contribution in [0.2, 0.25) is 0 Å². The fraction of sp³-hybridized carbons (Fsp3) is 0.700. The average molecular weight is 197 g/mol. The van der Waals surface area contributed by atoms with Crippen LogP contribution in [-0.2, 0) is 11.3 Å². The first-order chi connectivity index (χ1) is 6.59. The highest BCUT2D eigenvalue weighted by atomic mass is 16.5. The summed E-state index contributed by atoms with van der Waals surface area (Å²) in [6.45, 7) is 7.70. The van der Waals surface area contributed by atoms with E-state index < -0.39 is 0 Å². The summed E-state index contributed by atoms with van der Waals surface area (Å²) in [4.78, 5) is 4.18. The van der Waals surface area contributed by atoms with Crippen LogP contribution in [0.15, 0.2) is 12.4 Å². The second kappa shape index (κ2) is 4.46. The number of nitrogens with one attached hydrogen (secondary N) is 1. The van der Waals surface area contributed by atoms with Gasteiger partial charge in [-0.2, -0.15) is 0 Å². The third-order valence-electron chi connectivity index (χ3n) is 2.03. The highest BCUT2D eigenvalue weighted by Crippen LogP contribution is 2.15. The van der Waals surface area contributed by atoms with Crippen molar-refractivity contribution in [3.8, 4) is 0 Å². The summed E-state index contributed by atoms with van der Waals surface area (Å²) in [5, 5.41) is 3.04. The van der Waals surface area contributed by atoms with Crippen molar-refractivity contribution in [1.82, 2.24) is 9.55 Å². The first-order valence-corrected chi connectivity index (χ1v) is 4.92. The Morgan fingerprint density at radius 1 is 1.57 bits per heavy atom. The molecule has 0 bridgehead atoms. The van der Waals surface area contributed by atoms with Gasteiger partial charge in [-0.05, 0) is 20.8 Å². The molecule has 1 heterocycles. The lowest BCUT2D eigenvalue weighted by Gasteiger charge is -2.25. The lowest BCUT2D eigenvalue weighted by Crippen LogP contribution is -2.30. The van der Waals surface area contributed by atoms with E-state index in [9.17, 15) is 0 Å². The number of imidazole rings is 1. The van der Waals surface area contributed by atoms with Crippen molar-refractivity contribution in [2.24, 2.45) is 0 Å². The van der Waals surface area contributed by atoms with E-state index in [0.29, 0.717) is 0 Å². The second-order valence-electron chi connectivity index (χ2n) is 3.82. The first-order valence-electron chi connectivity index (χ1n) is 4.92. The van der Waals surface area contributed by atoms with Gasteiger partial charge in [-0.25, -0.2) is 4.98 Å². The predicted molar refractivity (Wildman–Crippen MR) is 57.5 cm³/mol. The molecule has 0 aromatic carbocycles. The van der Waals surface area contributed by atoms with Crippen LogP contribution in [-0.4, -0.2) is 28.8 Å². The summed E-state index contributed by atoms with van der Waals surface area (Å²) in [7, 11) is 1.87. The van der Waals surface area contributed by atoms with E-state index in [-0.39, 0.29) is 5.60 Å². The zero-order chi connectivity index (χ0) is 10.6. The fourth-order valence-corrected chi connectivity index (χ4v) is 1.51. The van der Waals surface area contributed by atoms with Crippen LogP contribution in [0.1, 0.15) is 20.8 Å². The van der Waals surface area contributed by atoms with Crippen molar-refractivity contribution < 1.29 is 4.74 Å². The van der Waals surface area contributed by atoms with Crippen LogP contribution < -0.4 is 5.32 Å². The van der Waals surface area contributed by atoms with Gasteiger partial charge in [0.1, 0.15) is 0 Å². The molecule has 0 amide bonds. The van der Waals surface area contributed by atoms with Crippen molar-refractivity contribution >= 4 is 5.95 Å². The molecule has 0 aliphatic carbocycles. The van der Waals surface area contributed by atoms with E-state index >= 15 is 0 Å². The van der Waals surface area contributed by atoms with E-state index in [1.54, 1.807) is 6.20 Å². The molecule has 0 unspecified atom stereocenters. The maximum Gasteiger partial charge on any atom is 0.202 e. The monoisotopic (exact) mass is 197 g/mol. The number of nitrogens with zero attached hydrogens (tertiary/aromatic N) is 2. The molecule has 0 saturated carbocycles. The normalized spacial score (nSPS) is 11.7. The third kappa shape index (κ3) is 2.73. The Labute approximate surface area is 85.3 Å². The summed E-state index contributed by atoms with van der Waals surface area (Å²) in [5.41, 5.74) is -0.152. The van der Waals surface area contributed by atoms with Crippen molar-refractivity contribution in [2.45, 2.75) is 32.9 Å². The molecule has 14 heavy (non-hydrogen) atoms. The lowest BCUT2D eigenvalue weighted by atomic mass is 10.1. The van der Waals surface area contributed by atoms with Crippen LogP contribution in [0.4, 0.5) is 5.95 Å².